The number of aliphatic hydroxyl groups is 1. The van der Waals surface area contributed by atoms with Crippen molar-refractivity contribution in [3.63, 3.8) is 0 Å². The van der Waals surface area contributed by atoms with E-state index in [-0.39, 0.29) is 35.5 Å². The molecule has 139 heavy (non-hydrogen) atoms. The molecule has 0 bridgehead atoms. The molecule has 30 nitrogen and oxygen atoms in total. The van der Waals surface area contributed by atoms with E-state index in [9.17, 15) is 31.4 Å². The van der Waals surface area contributed by atoms with Crippen molar-refractivity contribution in [2.24, 2.45) is 11.8 Å². The summed E-state index contributed by atoms with van der Waals surface area (Å²) in [4.78, 5) is 63.0. The predicted molar refractivity (Wildman–Crippen MR) is 517 cm³/mol. The maximum absolute atomic E-state index is 13.1. The lowest BCUT2D eigenvalue weighted by Crippen LogP contribution is -2.36. The lowest BCUT2D eigenvalue weighted by atomic mass is 9.84. The highest BCUT2D eigenvalue weighted by atomic mass is 19.4. The Labute approximate surface area is 804 Å². The maximum atomic E-state index is 13.1. The Morgan fingerprint density at radius 1 is 0.381 bits per heavy atom. The number of aromatic nitrogens is 12. The average Bonchev–Trinajstić information content (AvgIpc) is 0.793. The number of alkyl halides is 6. The van der Waals surface area contributed by atoms with Crippen LogP contribution >= 0.6 is 0 Å². The van der Waals surface area contributed by atoms with Gasteiger partial charge in [0.15, 0.2) is 12.2 Å². The van der Waals surface area contributed by atoms with Gasteiger partial charge in [-0.3, -0.25) is 29.9 Å². The Kier molecular flexibility index (Phi) is 33.8. The highest BCUT2D eigenvalue weighted by molar-refractivity contribution is 5.88. The van der Waals surface area contributed by atoms with E-state index in [1.54, 1.807) is 75.0 Å². The molecule has 2 unspecified atom stereocenters. The average molecular weight is 1920 g/mol. The number of hydrogen-bond donors (Lipinski definition) is 3. The first-order valence-corrected chi connectivity index (χ1v) is 48.5. The lowest BCUT2D eigenvalue weighted by molar-refractivity contribution is -0.216. The molecule has 0 amide bonds. The third kappa shape index (κ3) is 27.1. The third-order valence-electron chi connectivity index (χ3n) is 26.7. The van der Waals surface area contributed by atoms with Crippen molar-refractivity contribution in [3.8, 4) is 28.7 Å². The van der Waals surface area contributed by atoms with Crippen molar-refractivity contribution in [2.45, 2.75) is 184 Å². The molecule has 0 spiro atoms. The number of rotatable bonds is 27. The van der Waals surface area contributed by atoms with Crippen LogP contribution in [0.1, 0.15) is 143 Å². The number of aryl methyl sites for hydroxylation is 1. The number of nitrogens with one attached hydrogen (secondary N) is 2. The van der Waals surface area contributed by atoms with E-state index < -0.39 is 24.6 Å². The number of halogens is 6. The van der Waals surface area contributed by atoms with Crippen LogP contribution in [0.15, 0.2) is 171 Å². The summed E-state index contributed by atoms with van der Waals surface area (Å²) in [6, 6.07) is 33.5. The minimum Gasteiger partial charge on any atom is -0.490 e. The summed E-state index contributed by atoms with van der Waals surface area (Å²) in [5, 5.41) is 16.5. The van der Waals surface area contributed by atoms with Crippen LogP contribution in [0, 0.1) is 18.8 Å². The van der Waals surface area contributed by atoms with Gasteiger partial charge in [-0.15, -0.1) is 0 Å². The number of anilines is 6. The van der Waals surface area contributed by atoms with Gasteiger partial charge in [-0.2, -0.15) is 26.3 Å². The molecule has 2 atom stereocenters. The molecule has 4 aromatic carbocycles. The molecule has 4 aliphatic carbocycles. The molecule has 36 heteroatoms. The first-order valence-electron chi connectivity index (χ1n) is 48.5. The fraction of sp³-hybridized carbons (Fsp3) is 0.495. The van der Waals surface area contributed by atoms with E-state index in [1.807, 2.05) is 43.3 Å². The van der Waals surface area contributed by atoms with Crippen molar-refractivity contribution in [2.75, 3.05) is 163 Å². The fourth-order valence-corrected chi connectivity index (χ4v) is 19.3. The summed E-state index contributed by atoms with van der Waals surface area (Å²) in [6.45, 7) is 15.7. The monoisotopic (exact) mass is 1920 g/mol. The van der Waals surface area contributed by atoms with Gasteiger partial charge >= 0.3 is 12.4 Å². The number of pyridine rings is 4. The Morgan fingerprint density at radius 3 is 1.06 bits per heavy atom. The molecule has 4 aliphatic heterocycles. The lowest BCUT2D eigenvalue weighted by Gasteiger charge is -2.31. The number of ether oxygens (including phenoxy) is 11. The minimum absolute atomic E-state index is 0.0190. The van der Waals surface area contributed by atoms with Crippen molar-refractivity contribution in [3.05, 3.63) is 200 Å². The summed E-state index contributed by atoms with van der Waals surface area (Å²) in [5.41, 5.74) is 13.2. The smallest absolute Gasteiger partial charge is 0.418 e. The van der Waals surface area contributed by atoms with Gasteiger partial charge in [-0.25, -0.2) is 29.9 Å². The predicted octanol–water partition coefficient (Wildman–Crippen LogP) is 17.6. The van der Waals surface area contributed by atoms with Gasteiger partial charge in [0, 0.05) is 216 Å². The normalized spacial score (nSPS) is 21.5. The second kappa shape index (κ2) is 47.7. The molecule has 738 valence electrons. The van der Waals surface area contributed by atoms with Crippen LogP contribution < -0.4 is 53.9 Å². The number of aliphatic hydroxyl groups excluding tert-OH is 1. The number of morpholine rings is 4. The van der Waals surface area contributed by atoms with Gasteiger partial charge in [0.2, 0.25) is 0 Å². The van der Waals surface area contributed by atoms with Gasteiger partial charge in [0.1, 0.15) is 69.1 Å². The Bertz CT molecular complexity index is 5880. The summed E-state index contributed by atoms with van der Waals surface area (Å²) in [5.74, 6) is 6.53. The first kappa shape index (κ1) is 98.5. The Morgan fingerprint density at radius 2 is 0.741 bits per heavy atom. The highest BCUT2D eigenvalue weighted by Crippen LogP contribution is 2.43. The van der Waals surface area contributed by atoms with E-state index in [0.717, 1.165) is 326 Å². The summed E-state index contributed by atoms with van der Waals surface area (Å²) in [7, 11) is 2.72. The summed E-state index contributed by atoms with van der Waals surface area (Å²) < 4.78 is 141. The fourth-order valence-electron chi connectivity index (χ4n) is 19.3. The van der Waals surface area contributed by atoms with Gasteiger partial charge < -0.3 is 87.4 Å². The second-order valence-electron chi connectivity index (χ2n) is 36.4. The molecule has 12 heterocycles. The van der Waals surface area contributed by atoms with Crippen molar-refractivity contribution < 1.29 is 83.6 Å². The standard InChI is InChI=1S/C27H31F3N4O3.C26H29F3N4O3.C26H33N5O4.C24H29N5O2/c1-35-26(27(28,29)30)19-4-5-20(33-17-19)14-18-2-6-22(7-3-18)37-24-16-21(34-10-12-36-13-11-34)15-23-25(24)32-9-8-31-23;27-26(28,29)25(34)18-3-4-19(32-16-18)13-17-1-5-21(6-2-17)36-23-15-20(33-9-11-35-12-10-33)14-22-24(23)31-8-7-30-22;1-32-14-15-34-22-6-7-25(29-18-22)30-19-2-4-21(5-3-19)35-24-17-20(31-10-12-33-13-11-31)16-23-26(24)28-9-8-27-23;1-17-3-2-4-23(27-17)28-18-5-7-20(8-6-18)31-22-16-19(29-11-13-30-14-12-29)15-21-24(22)26-10-9-25-21/h4-5,8-9,15-18,22,26H,2-3,6-7,10-14H2,1H3;3-4,7-8,14-17,21,25,34H,1-2,5-6,9-13H2;6-9,16-19,21H,2-5,10-15H2,1H3,(H,29,30);2-4,9-10,15-16,18,20H,5-8,11-14H2,1H3,(H,27,28). The Balaban J connectivity index is 0.000000128. The molecule has 20 rings (SSSR count). The van der Waals surface area contributed by atoms with Crippen LogP contribution in [0.2, 0.25) is 0 Å². The van der Waals surface area contributed by atoms with Crippen molar-refractivity contribution in [1.82, 2.24) is 59.8 Å². The largest absolute Gasteiger partial charge is 0.490 e. The van der Waals surface area contributed by atoms with Gasteiger partial charge in [0.25, 0.3) is 0 Å². The molecule has 4 saturated carbocycles. The zero-order chi connectivity index (χ0) is 95.9. The van der Waals surface area contributed by atoms with E-state index >= 15 is 0 Å². The molecule has 8 aromatic heterocycles. The van der Waals surface area contributed by atoms with Crippen molar-refractivity contribution >= 4 is 78.5 Å². The molecule has 3 N–H and O–H groups in total. The van der Waals surface area contributed by atoms with E-state index in [1.165, 1.54) is 18.3 Å². The quantitative estimate of drug-likeness (QED) is 0.0318. The van der Waals surface area contributed by atoms with E-state index in [0.29, 0.717) is 70.0 Å². The summed E-state index contributed by atoms with van der Waals surface area (Å²) in [6.07, 6.45) is 21.6. The van der Waals surface area contributed by atoms with Crippen LogP contribution in [-0.4, -0.2) is 246 Å². The zero-order valence-corrected chi connectivity index (χ0v) is 78.8. The second-order valence-corrected chi connectivity index (χ2v) is 36.4. The van der Waals surface area contributed by atoms with Crippen molar-refractivity contribution in [1.29, 1.82) is 0 Å². The van der Waals surface area contributed by atoms with E-state index in [2.05, 4.69) is 137 Å². The molecule has 8 fully saturated rings. The molecule has 4 saturated heterocycles. The molecule has 8 aliphatic rings. The number of hydrogen-bond acceptors (Lipinski definition) is 30. The van der Waals surface area contributed by atoms with Crippen LogP contribution in [0.4, 0.5) is 60.7 Å². The van der Waals surface area contributed by atoms with Crippen LogP contribution in [-0.2, 0) is 41.3 Å². The van der Waals surface area contributed by atoms with E-state index in [4.69, 9.17) is 47.4 Å². The minimum atomic E-state index is -4.69. The zero-order valence-electron chi connectivity index (χ0n) is 78.8. The first-order chi connectivity index (χ1) is 67.8. The van der Waals surface area contributed by atoms with Gasteiger partial charge in [0.05, 0.1) is 112 Å². The SMILES string of the molecule is COC(c1ccc(CC2CCC(Oc3cc(N4CCOCC4)cc4nccnc34)CC2)nc1)C(F)(F)F.COCCOc1ccc(NC2CCC(Oc3cc(N4CCOCC4)cc4nccnc34)CC2)nc1.Cc1cccc(NC2CCC(Oc3cc(N4CCOCC4)cc4nccnc34)CC2)n1.OC(c1ccc(CC2CCC(Oc3cc(N4CCOCC4)cc4nccnc34)CC2)nc1)C(F)(F)F. The van der Waals surface area contributed by atoms with Crippen LogP contribution in [0.5, 0.6) is 28.7 Å². The number of methoxy groups -OCH3 is 2. The molecule has 0 radical (unpaired) electrons. The Hall–Kier alpha value is -12.1. The molecular formula is C103H122F6N18O12. The van der Waals surface area contributed by atoms with Crippen LogP contribution in [0.25, 0.3) is 44.1 Å². The number of nitrogens with zero attached hydrogens (tertiary/aromatic N) is 16. The van der Waals surface area contributed by atoms with Gasteiger partial charge in [-0.1, -0.05) is 18.2 Å². The van der Waals surface area contributed by atoms with Gasteiger partial charge in [-0.05, 0) is 195 Å². The van der Waals surface area contributed by atoms with Crippen LogP contribution in [0.3, 0.4) is 0 Å². The third-order valence-corrected chi connectivity index (χ3v) is 26.7. The topological polar surface area (TPSA) is 313 Å². The number of benzene rings is 4. The number of fused-ring (bicyclic) bond motifs is 4. The summed E-state index contributed by atoms with van der Waals surface area (Å²) >= 11 is 0. The molecular weight excluding hydrogens is 1800 g/mol. The maximum Gasteiger partial charge on any atom is 0.418 e. The molecule has 12 aromatic rings. The highest BCUT2D eigenvalue weighted by Gasteiger charge is 2.42.